The maximum Gasteiger partial charge on any atom is 0.315 e. The van der Waals surface area contributed by atoms with E-state index in [4.69, 9.17) is 5.11 Å². The molecule has 7 nitrogen and oxygen atoms in total. The normalized spacial score (nSPS) is 17.1. The van der Waals surface area contributed by atoms with Crippen molar-refractivity contribution < 1.29 is 14.7 Å². The van der Waals surface area contributed by atoms with E-state index in [1.54, 1.807) is 12.4 Å². The number of urea groups is 1. The van der Waals surface area contributed by atoms with Crippen molar-refractivity contribution in [2.24, 2.45) is 0 Å². The molecule has 0 unspecified atom stereocenters. The molecule has 1 saturated carbocycles. The summed E-state index contributed by atoms with van der Waals surface area (Å²) in [7, 11) is 0. The Bertz CT molecular complexity index is 467. The highest BCUT2D eigenvalue weighted by Crippen LogP contribution is 2.31. The summed E-state index contributed by atoms with van der Waals surface area (Å²) in [6.45, 7) is 0.461. The van der Waals surface area contributed by atoms with Crippen molar-refractivity contribution >= 4 is 12.0 Å². The lowest BCUT2D eigenvalue weighted by Crippen LogP contribution is -2.54. The van der Waals surface area contributed by atoms with E-state index in [2.05, 4.69) is 20.6 Å². The zero-order valence-electron chi connectivity index (χ0n) is 12.0. The van der Waals surface area contributed by atoms with E-state index >= 15 is 0 Å². The molecule has 0 saturated heterocycles. The maximum atomic E-state index is 12.0. The van der Waals surface area contributed by atoms with Gasteiger partial charge in [-0.1, -0.05) is 19.3 Å². The molecule has 2 amide bonds. The van der Waals surface area contributed by atoms with Crippen molar-refractivity contribution in [2.45, 2.75) is 50.5 Å². The second kappa shape index (κ2) is 7.10. The van der Waals surface area contributed by atoms with Gasteiger partial charge in [-0.05, 0) is 12.8 Å². The Balaban J connectivity index is 1.81. The second-order valence-electron chi connectivity index (χ2n) is 5.58. The quantitative estimate of drug-likeness (QED) is 0.636. The average Bonchev–Trinajstić information content (AvgIpc) is 2.91. The summed E-state index contributed by atoms with van der Waals surface area (Å²) in [5.74, 6) is -0.0546. The van der Waals surface area contributed by atoms with Crippen molar-refractivity contribution in [1.82, 2.24) is 20.6 Å². The molecule has 1 aromatic rings. The first-order chi connectivity index (χ1) is 10.1. The highest BCUT2D eigenvalue weighted by Gasteiger charge is 2.35. The summed E-state index contributed by atoms with van der Waals surface area (Å²) in [6.07, 6.45) is 8.47. The largest absolute Gasteiger partial charge is 0.481 e. The molecule has 0 bridgehead atoms. The number of hydrogen-bond donors (Lipinski definition) is 4. The summed E-state index contributed by atoms with van der Waals surface area (Å²) in [5, 5.41) is 14.7. The molecular formula is C14H22N4O3. The first kappa shape index (κ1) is 15.3. The number of amides is 2. The summed E-state index contributed by atoms with van der Waals surface area (Å²) in [5.41, 5.74) is -0.598. The van der Waals surface area contributed by atoms with Gasteiger partial charge < -0.3 is 20.7 Å². The van der Waals surface area contributed by atoms with Crippen LogP contribution in [0.15, 0.2) is 12.4 Å². The molecule has 0 aliphatic heterocycles. The van der Waals surface area contributed by atoms with E-state index in [-0.39, 0.29) is 12.5 Å². The van der Waals surface area contributed by atoms with Crippen LogP contribution in [0, 0.1) is 0 Å². The number of imidazole rings is 1. The fourth-order valence-electron chi connectivity index (χ4n) is 2.88. The molecule has 1 aliphatic carbocycles. The number of aromatic nitrogens is 2. The van der Waals surface area contributed by atoms with Gasteiger partial charge in [0.25, 0.3) is 0 Å². The molecule has 1 fully saturated rings. The summed E-state index contributed by atoms with van der Waals surface area (Å²) < 4.78 is 0. The van der Waals surface area contributed by atoms with Gasteiger partial charge >= 0.3 is 12.0 Å². The number of carbonyl (C=O) groups excluding carboxylic acids is 1. The molecule has 1 heterocycles. The van der Waals surface area contributed by atoms with Crippen molar-refractivity contribution in [3.8, 4) is 0 Å². The number of aromatic amines is 1. The predicted molar refractivity (Wildman–Crippen MR) is 76.9 cm³/mol. The highest BCUT2D eigenvalue weighted by molar-refractivity contribution is 5.76. The number of hydrogen-bond acceptors (Lipinski definition) is 3. The smallest absolute Gasteiger partial charge is 0.315 e. The Labute approximate surface area is 123 Å². The van der Waals surface area contributed by atoms with Crippen LogP contribution in [-0.4, -0.2) is 39.2 Å². The van der Waals surface area contributed by atoms with Gasteiger partial charge in [0, 0.05) is 25.4 Å². The zero-order chi connectivity index (χ0) is 15.1. The van der Waals surface area contributed by atoms with Crippen molar-refractivity contribution in [3.05, 3.63) is 18.2 Å². The number of H-pyrrole nitrogens is 1. The Morgan fingerprint density at radius 3 is 2.71 bits per heavy atom. The van der Waals surface area contributed by atoms with E-state index in [0.717, 1.165) is 37.9 Å². The minimum absolute atomic E-state index is 0.0153. The number of carboxylic acid groups (broad SMARTS) is 1. The topological polar surface area (TPSA) is 107 Å². The molecule has 116 valence electrons. The SMILES string of the molecule is O=C(O)CC1(NC(=O)NCCc2ncc[nH]2)CCCCC1. The third kappa shape index (κ3) is 4.77. The number of carboxylic acids is 1. The molecule has 7 heteroatoms. The van der Waals surface area contributed by atoms with Crippen LogP contribution in [0.4, 0.5) is 4.79 Å². The van der Waals surface area contributed by atoms with Gasteiger partial charge in [-0.2, -0.15) is 0 Å². The number of nitrogens with zero attached hydrogens (tertiary/aromatic N) is 1. The first-order valence-electron chi connectivity index (χ1n) is 7.36. The molecule has 1 aromatic heterocycles. The van der Waals surface area contributed by atoms with Gasteiger partial charge in [-0.3, -0.25) is 4.79 Å². The fourth-order valence-corrected chi connectivity index (χ4v) is 2.88. The van der Waals surface area contributed by atoms with Crippen LogP contribution in [0.1, 0.15) is 44.3 Å². The number of rotatable bonds is 6. The lowest BCUT2D eigenvalue weighted by Gasteiger charge is -2.36. The van der Waals surface area contributed by atoms with Crippen LogP contribution in [0.25, 0.3) is 0 Å². The number of nitrogens with one attached hydrogen (secondary N) is 3. The third-order valence-corrected chi connectivity index (χ3v) is 3.88. The van der Waals surface area contributed by atoms with Gasteiger partial charge in [-0.25, -0.2) is 9.78 Å². The molecule has 0 spiro atoms. The van der Waals surface area contributed by atoms with Crippen molar-refractivity contribution in [1.29, 1.82) is 0 Å². The molecule has 0 atom stereocenters. The molecule has 1 aliphatic rings. The van der Waals surface area contributed by atoms with Gasteiger partial charge in [0.1, 0.15) is 5.82 Å². The average molecular weight is 294 g/mol. The zero-order valence-corrected chi connectivity index (χ0v) is 12.0. The molecule has 4 N–H and O–H groups in total. The van der Waals surface area contributed by atoms with Crippen molar-refractivity contribution in [3.63, 3.8) is 0 Å². The minimum atomic E-state index is -0.868. The lowest BCUT2D eigenvalue weighted by molar-refractivity contribution is -0.139. The maximum absolute atomic E-state index is 12.0. The van der Waals surface area contributed by atoms with Gasteiger partial charge in [0.05, 0.1) is 12.0 Å². The van der Waals surface area contributed by atoms with E-state index in [1.165, 1.54) is 0 Å². The standard InChI is InChI=1S/C14H22N4O3/c19-12(20)10-14(5-2-1-3-6-14)18-13(21)17-7-4-11-15-8-9-16-11/h8-9H,1-7,10H2,(H,15,16)(H,19,20)(H2,17,18,21). The molecular weight excluding hydrogens is 272 g/mol. The fraction of sp³-hybridized carbons (Fsp3) is 0.643. The van der Waals surface area contributed by atoms with Gasteiger partial charge in [0.15, 0.2) is 0 Å². The van der Waals surface area contributed by atoms with Crippen LogP contribution in [0.3, 0.4) is 0 Å². The van der Waals surface area contributed by atoms with Gasteiger partial charge in [-0.15, -0.1) is 0 Å². The summed E-state index contributed by atoms with van der Waals surface area (Å²) in [4.78, 5) is 30.1. The summed E-state index contributed by atoms with van der Waals surface area (Å²) >= 11 is 0. The Kier molecular flexibility index (Phi) is 5.19. The van der Waals surface area contributed by atoms with Gasteiger partial charge in [0.2, 0.25) is 0 Å². The molecule has 2 rings (SSSR count). The minimum Gasteiger partial charge on any atom is -0.481 e. The third-order valence-electron chi connectivity index (χ3n) is 3.88. The number of carbonyl (C=O) groups is 2. The Morgan fingerprint density at radius 1 is 1.33 bits per heavy atom. The highest BCUT2D eigenvalue weighted by atomic mass is 16.4. The second-order valence-corrected chi connectivity index (χ2v) is 5.58. The van der Waals surface area contributed by atoms with Crippen LogP contribution >= 0.6 is 0 Å². The summed E-state index contributed by atoms with van der Waals surface area (Å²) in [6, 6.07) is -0.301. The Hall–Kier alpha value is -2.05. The first-order valence-corrected chi connectivity index (χ1v) is 7.36. The van der Waals surface area contributed by atoms with E-state index in [1.807, 2.05) is 0 Å². The lowest BCUT2D eigenvalue weighted by atomic mass is 9.79. The van der Waals surface area contributed by atoms with Crippen LogP contribution in [0.2, 0.25) is 0 Å². The number of aliphatic carboxylic acids is 1. The van der Waals surface area contributed by atoms with Crippen LogP contribution in [-0.2, 0) is 11.2 Å². The molecule has 0 aromatic carbocycles. The van der Waals surface area contributed by atoms with Crippen molar-refractivity contribution in [2.75, 3.05) is 6.54 Å². The van der Waals surface area contributed by atoms with E-state index < -0.39 is 11.5 Å². The van der Waals surface area contributed by atoms with E-state index in [0.29, 0.717) is 13.0 Å². The molecule has 0 radical (unpaired) electrons. The Morgan fingerprint density at radius 2 is 2.10 bits per heavy atom. The predicted octanol–water partition coefficient (Wildman–Crippen LogP) is 1.43. The monoisotopic (exact) mass is 294 g/mol. The van der Waals surface area contributed by atoms with Crippen LogP contribution < -0.4 is 10.6 Å². The van der Waals surface area contributed by atoms with Crippen LogP contribution in [0.5, 0.6) is 0 Å². The molecule has 21 heavy (non-hydrogen) atoms. The van der Waals surface area contributed by atoms with E-state index in [9.17, 15) is 9.59 Å².